The molecule has 1 rings (SSSR count). The fourth-order valence-electron chi connectivity index (χ4n) is 1.70. The number of anilines is 1. The van der Waals surface area contributed by atoms with E-state index >= 15 is 0 Å². The van der Waals surface area contributed by atoms with Gasteiger partial charge in [-0.15, -0.1) is 0 Å². The number of carbonyl (C=O) groups excluding carboxylic acids is 1. The summed E-state index contributed by atoms with van der Waals surface area (Å²) in [6.07, 6.45) is 2.10. The number of hydrogen-bond acceptors (Lipinski definition) is 3. The van der Waals surface area contributed by atoms with E-state index in [-0.39, 0.29) is 5.91 Å². The van der Waals surface area contributed by atoms with Crippen LogP contribution in [0.5, 0.6) is 5.75 Å². The Morgan fingerprint density at radius 1 is 1.44 bits per heavy atom. The van der Waals surface area contributed by atoms with Gasteiger partial charge in [0.25, 0.3) is 5.91 Å². The summed E-state index contributed by atoms with van der Waals surface area (Å²) >= 11 is 0. The molecule has 0 radical (unpaired) electrons. The molecule has 0 fully saturated rings. The lowest BCUT2D eigenvalue weighted by Gasteiger charge is -2.10. The summed E-state index contributed by atoms with van der Waals surface area (Å²) in [4.78, 5) is 11.9. The van der Waals surface area contributed by atoms with E-state index in [0.717, 1.165) is 12.8 Å². The number of methoxy groups -OCH3 is 1. The standard InChI is InChI=1S/C14H22N2O2/c1-10(2)5-4-8-16-14(17)12-7-6-11(15)9-13(12)18-3/h6-7,9-10H,4-5,8,15H2,1-3H3,(H,16,17). The Bertz CT molecular complexity index is 403. The molecule has 0 aromatic heterocycles. The summed E-state index contributed by atoms with van der Waals surface area (Å²) in [5.74, 6) is 1.06. The van der Waals surface area contributed by atoms with Crippen molar-refractivity contribution in [3.8, 4) is 5.75 Å². The molecule has 0 unspecified atom stereocenters. The monoisotopic (exact) mass is 250 g/mol. The van der Waals surface area contributed by atoms with Crippen LogP contribution in [0.15, 0.2) is 18.2 Å². The van der Waals surface area contributed by atoms with Crippen molar-refractivity contribution in [2.75, 3.05) is 19.4 Å². The van der Waals surface area contributed by atoms with Gasteiger partial charge in [-0.25, -0.2) is 0 Å². The van der Waals surface area contributed by atoms with Gasteiger partial charge in [-0.1, -0.05) is 13.8 Å². The van der Waals surface area contributed by atoms with Crippen molar-refractivity contribution in [2.45, 2.75) is 26.7 Å². The van der Waals surface area contributed by atoms with Crippen molar-refractivity contribution in [1.82, 2.24) is 5.32 Å². The normalized spacial score (nSPS) is 10.4. The first-order valence-electron chi connectivity index (χ1n) is 6.26. The van der Waals surface area contributed by atoms with Crippen LogP contribution in [0.3, 0.4) is 0 Å². The first-order valence-corrected chi connectivity index (χ1v) is 6.26. The summed E-state index contributed by atoms with van der Waals surface area (Å²) in [6.45, 7) is 5.03. The van der Waals surface area contributed by atoms with E-state index in [1.807, 2.05) is 0 Å². The molecule has 0 saturated carbocycles. The molecule has 100 valence electrons. The van der Waals surface area contributed by atoms with E-state index in [1.54, 1.807) is 18.2 Å². The van der Waals surface area contributed by atoms with Crippen LogP contribution < -0.4 is 15.8 Å². The highest BCUT2D eigenvalue weighted by molar-refractivity contribution is 5.97. The van der Waals surface area contributed by atoms with E-state index in [9.17, 15) is 4.79 Å². The van der Waals surface area contributed by atoms with Crippen LogP contribution in [0.25, 0.3) is 0 Å². The maximum atomic E-state index is 11.9. The summed E-state index contributed by atoms with van der Waals surface area (Å²) in [7, 11) is 1.53. The van der Waals surface area contributed by atoms with Crippen molar-refractivity contribution in [3.05, 3.63) is 23.8 Å². The molecule has 1 amide bonds. The Balaban J connectivity index is 2.56. The fraction of sp³-hybridized carbons (Fsp3) is 0.500. The number of benzene rings is 1. The van der Waals surface area contributed by atoms with Gasteiger partial charge in [-0.3, -0.25) is 4.79 Å². The molecular weight excluding hydrogens is 228 g/mol. The van der Waals surface area contributed by atoms with E-state index < -0.39 is 0 Å². The Labute approximate surface area is 109 Å². The zero-order valence-electron chi connectivity index (χ0n) is 11.3. The van der Waals surface area contributed by atoms with Gasteiger partial charge in [-0.05, 0) is 30.9 Å². The van der Waals surface area contributed by atoms with Gasteiger partial charge in [0.1, 0.15) is 5.75 Å². The Morgan fingerprint density at radius 2 is 2.17 bits per heavy atom. The summed E-state index contributed by atoms with van der Waals surface area (Å²) < 4.78 is 5.15. The SMILES string of the molecule is COc1cc(N)ccc1C(=O)NCCCC(C)C. The fourth-order valence-corrected chi connectivity index (χ4v) is 1.70. The van der Waals surface area contributed by atoms with E-state index in [1.165, 1.54) is 7.11 Å². The quantitative estimate of drug-likeness (QED) is 0.602. The van der Waals surface area contributed by atoms with Crippen LogP contribution in [-0.4, -0.2) is 19.6 Å². The molecule has 0 aliphatic heterocycles. The number of hydrogen-bond donors (Lipinski definition) is 2. The topological polar surface area (TPSA) is 64.3 Å². The highest BCUT2D eigenvalue weighted by Crippen LogP contribution is 2.21. The van der Waals surface area contributed by atoms with Gasteiger partial charge in [0.05, 0.1) is 12.7 Å². The number of rotatable bonds is 6. The third kappa shape index (κ3) is 4.28. The lowest BCUT2D eigenvalue weighted by molar-refractivity contribution is 0.0949. The lowest BCUT2D eigenvalue weighted by Crippen LogP contribution is -2.25. The Hall–Kier alpha value is -1.71. The smallest absolute Gasteiger partial charge is 0.255 e. The van der Waals surface area contributed by atoms with Gasteiger partial charge < -0.3 is 15.8 Å². The molecule has 0 heterocycles. The number of amides is 1. The predicted molar refractivity (Wildman–Crippen MR) is 73.8 cm³/mol. The second-order valence-electron chi connectivity index (χ2n) is 4.75. The second-order valence-corrected chi connectivity index (χ2v) is 4.75. The average molecular weight is 250 g/mol. The van der Waals surface area contributed by atoms with Crippen LogP contribution in [-0.2, 0) is 0 Å². The van der Waals surface area contributed by atoms with Gasteiger partial charge >= 0.3 is 0 Å². The van der Waals surface area contributed by atoms with Gasteiger partial charge in [0, 0.05) is 18.3 Å². The molecule has 4 nitrogen and oxygen atoms in total. The Morgan fingerprint density at radius 3 is 2.78 bits per heavy atom. The molecule has 1 aromatic carbocycles. The van der Waals surface area contributed by atoms with E-state index in [2.05, 4.69) is 19.2 Å². The molecule has 0 bridgehead atoms. The summed E-state index contributed by atoms with van der Waals surface area (Å²) in [6, 6.07) is 5.04. The number of nitrogen functional groups attached to an aromatic ring is 1. The van der Waals surface area contributed by atoms with Crippen LogP contribution in [0.4, 0.5) is 5.69 Å². The molecule has 4 heteroatoms. The van der Waals surface area contributed by atoms with Crippen LogP contribution in [0.2, 0.25) is 0 Å². The molecule has 0 aliphatic carbocycles. The molecular formula is C14H22N2O2. The third-order valence-electron chi connectivity index (χ3n) is 2.71. The van der Waals surface area contributed by atoms with Crippen molar-refractivity contribution in [1.29, 1.82) is 0 Å². The minimum Gasteiger partial charge on any atom is -0.496 e. The molecule has 0 saturated heterocycles. The molecule has 3 N–H and O–H groups in total. The van der Waals surface area contributed by atoms with Crippen molar-refractivity contribution >= 4 is 11.6 Å². The van der Waals surface area contributed by atoms with Gasteiger partial charge in [0.15, 0.2) is 0 Å². The van der Waals surface area contributed by atoms with Crippen molar-refractivity contribution in [3.63, 3.8) is 0 Å². The van der Waals surface area contributed by atoms with Crippen molar-refractivity contribution in [2.24, 2.45) is 5.92 Å². The molecule has 0 spiro atoms. The highest BCUT2D eigenvalue weighted by atomic mass is 16.5. The molecule has 0 atom stereocenters. The maximum Gasteiger partial charge on any atom is 0.255 e. The average Bonchev–Trinajstić information content (AvgIpc) is 2.33. The lowest BCUT2D eigenvalue weighted by atomic mass is 10.1. The third-order valence-corrected chi connectivity index (χ3v) is 2.71. The highest BCUT2D eigenvalue weighted by Gasteiger charge is 2.11. The van der Waals surface area contributed by atoms with E-state index in [0.29, 0.717) is 29.5 Å². The number of ether oxygens (including phenoxy) is 1. The zero-order valence-corrected chi connectivity index (χ0v) is 11.3. The second kappa shape index (κ2) is 6.89. The summed E-state index contributed by atoms with van der Waals surface area (Å²) in [5, 5.41) is 2.89. The first kappa shape index (κ1) is 14.4. The number of nitrogens with one attached hydrogen (secondary N) is 1. The summed E-state index contributed by atoms with van der Waals surface area (Å²) in [5.41, 5.74) is 6.76. The maximum absolute atomic E-state index is 11.9. The van der Waals surface area contributed by atoms with Gasteiger partial charge in [0.2, 0.25) is 0 Å². The van der Waals surface area contributed by atoms with Crippen LogP contribution >= 0.6 is 0 Å². The van der Waals surface area contributed by atoms with Crippen LogP contribution in [0, 0.1) is 5.92 Å². The zero-order chi connectivity index (χ0) is 13.5. The van der Waals surface area contributed by atoms with Crippen molar-refractivity contribution < 1.29 is 9.53 Å². The number of nitrogens with two attached hydrogens (primary N) is 1. The largest absolute Gasteiger partial charge is 0.496 e. The number of carbonyl (C=O) groups is 1. The Kier molecular flexibility index (Phi) is 5.49. The molecule has 18 heavy (non-hydrogen) atoms. The minimum atomic E-state index is -0.115. The first-order chi connectivity index (χ1) is 8.54. The van der Waals surface area contributed by atoms with E-state index in [4.69, 9.17) is 10.5 Å². The molecule has 1 aromatic rings. The van der Waals surface area contributed by atoms with Gasteiger partial charge in [-0.2, -0.15) is 0 Å². The predicted octanol–water partition coefficient (Wildman–Crippen LogP) is 2.44. The minimum absolute atomic E-state index is 0.115. The van der Waals surface area contributed by atoms with Crippen LogP contribution in [0.1, 0.15) is 37.0 Å². The molecule has 0 aliphatic rings.